The van der Waals surface area contributed by atoms with E-state index in [1.54, 1.807) is 11.0 Å². The Kier molecular flexibility index (Phi) is 2.48. The van der Waals surface area contributed by atoms with E-state index in [4.69, 9.17) is 21.8 Å². The van der Waals surface area contributed by atoms with Gasteiger partial charge in [-0.15, -0.1) is 0 Å². The summed E-state index contributed by atoms with van der Waals surface area (Å²) in [4.78, 5) is 13.5. The van der Waals surface area contributed by atoms with E-state index in [0.29, 0.717) is 18.7 Å². The number of nitrogens with zero attached hydrogens (tertiary/aromatic N) is 1. The van der Waals surface area contributed by atoms with Crippen molar-refractivity contribution in [1.29, 1.82) is 0 Å². The van der Waals surface area contributed by atoms with E-state index in [0.717, 1.165) is 6.42 Å². The van der Waals surface area contributed by atoms with Crippen LogP contribution in [0, 0.1) is 0 Å². The number of hydrogen-bond donors (Lipinski definition) is 1. The smallest absolute Gasteiger partial charge is 0.258 e. The topological polar surface area (TPSA) is 59.5 Å². The fraction of sp³-hybridized carbons (Fsp3) is 0.444. The first-order valence-electron chi connectivity index (χ1n) is 4.46. The number of halogens is 1. The fourth-order valence-corrected chi connectivity index (χ4v) is 1.78. The Morgan fingerprint density at radius 2 is 2.50 bits per heavy atom. The average molecular weight is 215 g/mol. The third-order valence-corrected chi connectivity index (χ3v) is 2.65. The third kappa shape index (κ3) is 1.63. The molecule has 1 amide bonds. The van der Waals surface area contributed by atoms with Crippen molar-refractivity contribution >= 4 is 17.5 Å². The first-order valence-corrected chi connectivity index (χ1v) is 4.84. The number of amides is 1. The number of carbonyl (C=O) groups is 1. The quantitative estimate of drug-likeness (QED) is 0.762. The molecule has 5 heteroatoms. The van der Waals surface area contributed by atoms with Crippen LogP contribution in [0.3, 0.4) is 0 Å². The lowest BCUT2D eigenvalue weighted by molar-refractivity contribution is 0.0790. The van der Waals surface area contributed by atoms with Crippen molar-refractivity contribution < 1.29 is 9.21 Å². The molecule has 0 spiro atoms. The maximum atomic E-state index is 11.8. The van der Waals surface area contributed by atoms with Crippen LogP contribution in [-0.4, -0.2) is 29.9 Å². The Balaban J connectivity index is 2.13. The van der Waals surface area contributed by atoms with E-state index < -0.39 is 0 Å². The molecule has 0 aromatic carbocycles. The highest BCUT2D eigenvalue weighted by Crippen LogP contribution is 2.20. The van der Waals surface area contributed by atoms with Crippen LogP contribution in [0.1, 0.15) is 16.8 Å². The minimum atomic E-state index is -0.100. The van der Waals surface area contributed by atoms with Crippen molar-refractivity contribution in [3.05, 3.63) is 23.1 Å². The Morgan fingerprint density at radius 1 is 1.71 bits per heavy atom. The van der Waals surface area contributed by atoms with Gasteiger partial charge < -0.3 is 15.1 Å². The summed E-state index contributed by atoms with van der Waals surface area (Å²) in [6.45, 7) is 1.29. The van der Waals surface area contributed by atoms with Gasteiger partial charge in [-0.25, -0.2) is 0 Å². The zero-order valence-electron chi connectivity index (χ0n) is 7.57. The van der Waals surface area contributed by atoms with Crippen LogP contribution >= 0.6 is 11.6 Å². The van der Waals surface area contributed by atoms with Crippen LogP contribution in [0.2, 0.25) is 5.22 Å². The van der Waals surface area contributed by atoms with Gasteiger partial charge in [0.1, 0.15) is 0 Å². The highest BCUT2D eigenvalue weighted by atomic mass is 35.5. The minimum Gasteiger partial charge on any atom is -0.452 e. The Morgan fingerprint density at radius 3 is 3.00 bits per heavy atom. The summed E-state index contributed by atoms with van der Waals surface area (Å²) in [6.07, 6.45) is 2.26. The third-order valence-electron chi connectivity index (χ3n) is 2.36. The SMILES string of the molecule is N[C@@H]1CCN(C(=O)c2ccoc2Cl)C1. The molecule has 2 heterocycles. The number of rotatable bonds is 1. The van der Waals surface area contributed by atoms with Crippen molar-refractivity contribution in [1.82, 2.24) is 4.90 Å². The lowest BCUT2D eigenvalue weighted by Crippen LogP contribution is -2.31. The van der Waals surface area contributed by atoms with Crippen LogP contribution in [0.4, 0.5) is 0 Å². The van der Waals surface area contributed by atoms with Crippen LogP contribution in [-0.2, 0) is 0 Å². The van der Waals surface area contributed by atoms with Gasteiger partial charge in [0.25, 0.3) is 5.91 Å². The molecule has 2 N–H and O–H groups in total. The summed E-state index contributed by atoms with van der Waals surface area (Å²) in [7, 11) is 0. The van der Waals surface area contributed by atoms with Gasteiger partial charge in [0.05, 0.1) is 11.8 Å². The van der Waals surface area contributed by atoms with Crippen LogP contribution in [0.25, 0.3) is 0 Å². The van der Waals surface area contributed by atoms with Crippen molar-refractivity contribution in [3.8, 4) is 0 Å². The minimum absolute atomic E-state index is 0.0876. The zero-order valence-corrected chi connectivity index (χ0v) is 8.33. The lowest BCUT2D eigenvalue weighted by atomic mass is 10.3. The molecule has 1 atom stereocenters. The molecule has 0 bridgehead atoms. The maximum absolute atomic E-state index is 11.8. The van der Waals surface area contributed by atoms with Crippen molar-refractivity contribution in [2.75, 3.05) is 13.1 Å². The number of nitrogens with two attached hydrogens (primary N) is 1. The monoisotopic (exact) mass is 214 g/mol. The predicted octanol–water partition coefficient (Wildman–Crippen LogP) is 1.11. The Hall–Kier alpha value is -1.00. The Labute approximate surface area is 86.6 Å². The van der Waals surface area contributed by atoms with Gasteiger partial charge in [-0.1, -0.05) is 0 Å². The van der Waals surface area contributed by atoms with Gasteiger partial charge in [-0.2, -0.15) is 0 Å². The molecule has 1 aliphatic rings. The second kappa shape index (κ2) is 3.63. The molecule has 0 saturated carbocycles. The van der Waals surface area contributed by atoms with Gasteiger partial charge in [-0.3, -0.25) is 4.79 Å². The van der Waals surface area contributed by atoms with Gasteiger partial charge in [0, 0.05) is 19.1 Å². The largest absolute Gasteiger partial charge is 0.452 e. The van der Waals surface area contributed by atoms with E-state index in [9.17, 15) is 4.79 Å². The summed E-state index contributed by atoms with van der Waals surface area (Å²) < 4.78 is 4.86. The molecule has 14 heavy (non-hydrogen) atoms. The van der Waals surface area contributed by atoms with Gasteiger partial charge in [-0.05, 0) is 24.1 Å². The van der Waals surface area contributed by atoms with Crippen LogP contribution < -0.4 is 5.73 Å². The lowest BCUT2D eigenvalue weighted by Gasteiger charge is -2.14. The predicted molar refractivity (Wildman–Crippen MR) is 52.2 cm³/mol. The second-order valence-corrected chi connectivity index (χ2v) is 3.75. The molecule has 2 rings (SSSR count). The number of likely N-dealkylation sites (tertiary alicyclic amines) is 1. The molecule has 0 radical (unpaired) electrons. The Bertz CT molecular complexity index is 350. The molecular weight excluding hydrogens is 204 g/mol. The number of hydrogen-bond acceptors (Lipinski definition) is 3. The maximum Gasteiger partial charge on any atom is 0.258 e. The van der Waals surface area contributed by atoms with E-state index >= 15 is 0 Å². The summed E-state index contributed by atoms with van der Waals surface area (Å²) in [6, 6.07) is 1.67. The van der Waals surface area contributed by atoms with E-state index in [1.165, 1.54) is 6.26 Å². The zero-order chi connectivity index (χ0) is 10.1. The molecule has 1 saturated heterocycles. The molecule has 4 nitrogen and oxygen atoms in total. The summed E-state index contributed by atoms with van der Waals surface area (Å²) in [5.41, 5.74) is 6.12. The average Bonchev–Trinajstić information content (AvgIpc) is 2.73. The molecule has 1 aliphatic heterocycles. The van der Waals surface area contributed by atoms with Crippen molar-refractivity contribution in [2.24, 2.45) is 5.73 Å². The fourth-order valence-electron chi connectivity index (χ4n) is 1.59. The van der Waals surface area contributed by atoms with E-state index in [2.05, 4.69) is 0 Å². The normalized spacial score (nSPS) is 21.6. The van der Waals surface area contributed by atoms with Gasteiger partial charge in [0.2, 0.25) is 5.22 Å². The highest BCUT2D eigenvalue weighted by Gasteiger charge is 2.26. The molecule has 1 aromatic heterocycles. The van der Waals surface area contributed by atoms with Gasteiger partial charge in [0.15, 0.2) is 0 Å². The van der Waals surface area contributed by atoms with E-state index in [-0.39, 0.29) is 17.2 Å². The summed E-state index contributed by atoms with van der Waals surface area (Å²) in [5, 5.41) is 0.149. The first-order chi connectivity index (χ1) is 6.68. The summed E-state index contributed by atoms with van der Waals surface area (Å²) in [5.74, 6) is -0.100. The van der Waals surface area contributed by atoms with E-state index in [1.807, 2.05) is 0 Å². The molecule has 0 aliphatic carbocycles. The van der Waals surface area contributed by atoms with Gasteiger partial charge >= 0.3 is 0 Å². The van der Waals surface area contributed by atoms with Crippen LogP contribution in [0.5, 0.6) is 0 Å². The molecule has 1 aromatic rings. The molecule has 1 fully saturated rings. The second-order valence-electron chi connectivity index (χ2n) is 3.41. The standard InChI is InChI=1S/C9H11ClN2O2/c10-8-7(2-4-14-8)9(13)12-3-1-6(11)5-12/h2,4,6H,1,3,5,11H2/t6-/m1/s1. The highest BCUT2D eigenvalue weighted by molar-refractivity contribution is 6.32. The molecule has 0 unspecified atom stereocenters. The van der Waals surface area contributed by atoms with Crippen LogP contribution in [0.15, 0.2) is 16.7 Å². The first kappa shape index (κ1) is 9.55. The molecule has 76 valence electrons. The summed E-state index contributed by atoms with van der Waals surface area (Å²) >= 11 is 5.70. The van der Waals surface area contributed by atoms with Crippen molar-refractivity contribution in [3.63, 3.8) is 0 Å². The number of furan rings is 1. The molecular formula is C9H11ClN2O2. The number of carbonyl (C=O) groups excluding carboxylic acids is 1. The van der Waals surface area contributed by atoms with Crippen molar-refractivity contribution in [2.45, 2.75) is 12.5 Å².